The molecule has 31 heavy (non-hydrogen) atoms. The van der Waals surface area contributed by atoms with Gasteiger partial charge in [-0.25, -0.2) is 5.01 Å². The average Bonchev–Trinajstić information content (AvgIpc) is 3.53. The van der Waals surface area contributed by atoms with Gasteiger partial charge in [0.05, 0.1) is 16.8 Å². The third kappa shape index (κ3) is 4.20. The molecule has 0 unspecified atom stereocenters. The first kappa shape index (κ1) is 20.5. The number of carbonyl (C=O) groups excluding carboxylic acids is 1. The molecular weight excluding hydrogens is 448 g/mol. The van der Waals surface area contributed by atoms with E-state index in [0.717, 1.165) is 29.9 Å². The molecule has 0 radical (unpaired) electrons. The van der Waals surface area contributed by atoms with Crippen molar-refractivity contribution in [1.82, 2.24) is 5.01 Å². The molecule has 3 aromatic rings. The lowest BCUT2D eigenvalue weighted by atomic mass is 9.79. The molecule has 1 aliphatic heterocycles. The number of hydrazone groups is 1. The van der Waals surface area contributed by atoms with Crippen molar-refractivity contribution in [3.8, 4) is 5.75 Å². The second-order valence-electron chi connectivity index (χ2n) is 7.59. The summed E-state index contributed by atoms with van der Waals surface area (Å²) in [7, 11) is 0. The molecule has 1 amide bonds. The molecule has 158 valence electrons. The van der Waals surface area contributed by atoms with Gasteiger partial charge in [-0.2, -0.15) is 5.10 Å². The second kappa shape index (κ2) is 8.99. The van der Waals surface area contributed by atoms with E-state index in [2.05, 4.69) is 35.0 Å². The van der Waals surface area contributed by atoms with E-state index >= 15 is 0 Å². The van der Waals surface area contributed by atoms with E-state index in [1.54, 1.807) is 39.8 Å². The zero-order chi connectivity index (χ0) is 21.2. The normalized spacial score (nSPS) is 21.8. The van der Waals surface area contributed by atoms with Crippen LogP contribution >= 0.6 is 34.3 Å². The molecule has 3 heterocycles. The predicted octanol–water partition coefficient (Wildman–Crippen LogP) is 6.67. The van der Waals surface area contributed by atoms with Crippen LogP contribution in [0.25, 0.3) is 6.08 Å². The van der Waals surface area contributed by atoms with Gasteiger partial charge in [0.2, 0.25) is 0 Å². The lowest BCUT2D eigenvalue weighted by Crippen LogP contribution is -2.34. The van der Waals surface area contributed by atoms with Crippen molar-refractivity contribution in [3.63, 3.8) is 0 Å². The smallest absolute Gasteiger partial charge is 0.281 e. The molecule has 0 spiro atoms. The van der Waals surface area contributed by atoms with Crippen molar-refractivity contribution < 1.29 is 9.53 Å². The molecule has 0 saturated heterocycles. The van der Waals surface area contributed by atoms with Gasteiger partial charge in [-0.05, 0) is 65.9 Å². The van der Waals surface area contributed by atoms with Crippen molar-refractivity contribution in [2.24, 2.45) is 11.0 Å². The molecule has 1 aromatic carbocycles. The summed E-state index contributed by atoms with van der Waals surface area (Å²) < 4.78 is 5.74. The van der Waals surface area contributed by atoms with E-state index in [9.17, 15) is 4.79 Å². The number of hydrogen-bond acceptors (Lipinski definition) is 5. The number of para-hydroxylation sites is 1. The highest BCUT2D eigenvalue weighted by Gasteiger charge is 2.44. The fourth-order valence-electron chi connectivity index (χ4n) is 4.26. The van der Waals surface area contributed by atoms with Crippen LogP contribution in [0.4, 0.5) is 0 Å². The number of thiophene rings is 2. The van der Waals surface area contributed by atoms with E-state index in [1.807, 2.05) is 18.2 Å². The molecule has 7 heteroatoms. The molecule has 0 N–H and O–H groups in total. The maximum atomic E-state index is 13.2. The predicted molar refractivity (Wildman–Crippen MR) is 128 cm³/mol. The van der Waals surface area contributed by atoms with Crippen molar-refractivity contribution in [2.45, 2.75) is 25.3 Å². The SMILES string of the molecule is O=C(COc1ccccc1Cl)N1N=C2/C(=C\c3cccs3)CCC[C@@H]2[C@@H]1c1cccs1. The number of nitrogens with zero attached hydrogens (tertiary/aromatic N) is 2. The first-order valence-electron chi connectivity index (χ1n) is 10.3. The van der Waals surface area contributed by atoms with Crippen LogP contribution in [0.2, 0.25) is 5.02 Å². The molecular formula is C24H21ClN2O2S2. The maximum Gasteiger partial charge on any atom is 0.281 e. The Balaban J connectivity index is 1.44. The fourth-order valence-corrected chi connectivity index (χ4v) is 6.00. The third-order valence-electron chi connectivity index (χ3n) is 5.64. The Hall–Kier alpha value is -2.41. The lowest BCUT2D eigenvalue weighted by Gasteiger charge is -2.28. The summed E-state index contributed by atoms with van der Waals surface area (Å²) in [6.45, 7) is -0.0981. The fraction of sp³-hybridized carbons (Fsp3) is 0.250. The van der Waals surface area contributed by atoms with Gasteiger partial charge < -0.3 is 4.74 Å². The minimum Gasteiger partial charge on any atom is -0.482 e. The molecule has 2 aromatic heterocycles. The lowest BCUT2D eigenvalue weighted by molar-refractivity contribution is -0.135. The largest absolute Gasteiger partial charge is 0.482 e. The van der Waals surface area contributed by atoms with Crippen LogP contribution in [-0.4, -0.2) is 23.2 Å². The zero-order valence-corrected chi connectivity index (χ0v) is 19.1. The minimum absolute atomic E-state index is 0.0793. The van der Waals surface area contributed by atoms with Crippen molar-refractivity contribution >= 4 is 52.0 Å². The Morgan fingerprint density at radius 2 is 2.00 bits per heavy atom. The summed E-state index contributed by atoms with van der Waals surface area (Å²) in [6, 6.07) is 15.4. The summed E-state index contributed by atoms with van der Waals surface area (Å²) in [5.41, 5.74) is 2.28. The van der Waals surface area contributed by atoms with Crippen molar-refractivity contribution in [2.75, 3.05) is 6.61 Å². The molecule has 4 nitrogen and oxygen atoms in total. The second-order valence-corrected chi connectivity index (χ2v) is 9.95. The summed E-state index contributed by atoms with van der Waals surface area (Å²) in [5, 5.41) is 11.2. The Morgan fingerprint density at radius 1 is 1.16 bits per heavy atom. The van der Waals surface area contributed by atoms with Gasteiger partial charge in [0.25, 0.3) is 5.91 Å². The standard InChI is InChI=1S/C24H21ClN2O2S2/c25-19-9-1-2-10-20(19)29-15-22(28)27-24(21-11-5-13-31-21)18-8-3-6-16(23(18)26-27)14-17-7-4-12-30-17/h1-2,4-5,7,9-14,18,24H,3,6,8,15H2/b16-14-/t18-,24+/m0/s1. The molecule has 2 aliphatic rings. The van der Waals surface area contributed by atoms with E-state index in [1.165, 1.54) is 10.5 Å². The highest BCUT2D eigenvalue weighted by Crippen LogP contribution is 2.45. The first-order valence-corrected chi connectivity index (χ1v) is 12.4. The van der Waals surface area contributed by atoms with Crippen molar-refractivity contribution in [3.05, 3.63) is 79.6 Å². The topological polar surface area (TPSA) is 41.9 Å². The van der Waals surface area contributed by atoms with Gasteiger partial charge in [0, 0.05) is 15.7 Å². The Labute approximate surface area is 194 Å². The zero-order valence-electron chi connectivity index (χ0n) is 16.7. The van der Waals surface area contributed by atoms with Gasteiger partial charge in [-0.15, -0.1) is 22.7 Å². The Morgan fingerprint density at radius 3 is 2.77 bits per heavy atom. The molecule has 1 saturated carbocycles. The monoisotopic (exact) mass is 468 g/mol. The number of halogens is 1. The van der Waals surface area contributed by atoms with Gasteiger partial charge in [-0.3, -0.25) is 4.79 Å². The Bertz CT molecular complexity index is 1120. The number of amides is 1. The number of hydrogen-bond donors (Lipinski definition) is 0. The van der Waals surface area contributed by atoms with Crippen LogP contribution in [0, 0.1) is 5.92 Å². The molecule has 2 atom stereocenters. The summed E-state index contributed by atoms with van der Waals surface area (Å²) in [5.74, 6) is 0.561. The van der Waals surface area contributed by atoms with Crippen LogP contribution in [0.15, 0.2) is 70.0 Å². The van der Waals surface area contributed by atoms with Gasteiger partial charge in [-0.1, -0.05) is 35.9 Å². The molecule has 0 bridgehead atoms. The highest BCUT2D eigenvalue weighted by atomic mass is 35.5. The number of rotatable bonds is 5. The highest BCUT2D eigenvalue weighted by molar-refractivity contribution is 7.11. The van der Waals surface area contributed by atoms with Gasteiger partial charge in [0.15, 0.2) is 6.61 Å². The van der Waals surface area contributed by atoms with E-state index in [-0.39, 0.29) is 24.5 Å². The van der Waals surface area contributed by atoms with E-state index in [4.69, 9.17) is 21.4 Å². The molecule has 1 fully saturated rings. The summed E-state index contributed by atoms with van der Waals surface area (Å²) in [4.78, 5) is 15.6. The summed E-state index contributed by atoms with van der Waals surface area (Å²) >= 11 is 9.58. The van der Waals surface area contributed by atoms with Crippen LogP contribution < -0.4 is 4.74 Å². The quantitative estimate of drug-likeness (QED) is 0.419. The van der Waals surface area contributed by atoms with Crippen LogP contribution in [0.3, 0.4) is 0 Å². The third-order valence-corrected chi connectivity index (χ3v) is 7.71. The number of ether oxygens (including phenoxy) is 1. The Kier molecular flexibility index (Phi) is 5.94. The van der Waals surface area contributed by atoms with Gasteiger partial charge >= 0.3 is 0 Å². The number of benzene rings is 1. The van der Waals surface area contributed by atoms with E-state index < -0.39 is 0 Å². The summed E-state index contributed by atoms with van der Waals surface area (Å²) in [6.07, 6.45) is 5.34. The van der Waals surface area contributed by atoms with Gasteiger partial charge in [0.1, 0.15) is 5.75 Å². The van der Waals surface area contributed by atoms with Crippen LogP contribution in [0.5, 0.6) is 5.75 Å². The number of carbonyl (C=O) groups is 1. The number of allylic oxidation sites excluding steroid dienone is 1. The minimum atomic E-state index is -0.157. The van der Waals surface area contributed by atoms with Crippen molar-refractivity contribution in [1.29, 1.82) is 0 Å². The van der Waals surface area contributed by atoms with Crippen LogP contribution in [-0.2, 0) is 4.79 Å². The average molecular weight is 469 g/mol. The maximum absolute atomic E-state index is 13.2. The molecule has 1 aliphatic carbocycles. The molecule has 5 rings (SSSR count). The van der Waals surface area contributed by atoms with E-state index in [0.29, 0.717) is 10.8 Å². The van der Waals surface area contributed by atoms with Crippen LogP contribution in [0.1, 0.15) is 35.1 Å². The first-order chi connectivity index (χ1) is 15.2. The number of fused-ring (bicyclic) bond motifs is 1.